The summed E-state index contributed by atoms with van der Waals surface area (Å²) >= 11 is 0. The standard InChI is InChI=1S/C16H20N2O5S/c19-15(6-8-18-7-3-9-24(18,22)23)17-10-12-4-1-2-5-13(12)14(11-17)16(20)21/h1-2,4-5,14H,3,6-11H2,(H,20,21)/t14-/m1/s1. The fourth-order valence-corrected chi connectivity index (χ4v) is 4.86. The molecule has 24 heavy (non-hydrogen) atoms. The Bertz CT molecular complexity index is 761. The van der Waals surface area contributed by atoms with Crippen molar-refractivity contribution in [2.24, 2.45) is 0 Å². The summed E-state index contributed by atoms with van der Waals surface area (Å²) < 4.78 is 24.9. The number of hydrogen-bond acceptors (Lipinski definition) is 4. The van der Waals surface area contributed by atoms with Gasteiger partial charge in [0.1, 0.15) is 0 Å². The van der Waals surface area contributed by atoms with Gasteiger partial charge in [-0.25, -0.2) is 12.7 Å². The molecule has 7 nitrogen and oxygen atoms in total. The van der Waals surface area contributed by atoms with Crippen molar-refractivity contribution in [1.29, 1.82) is 0 Å². The van der Waals surface area contributed by atoms with Gasteiger partial charge in [-0.1, -0.05) is 24.3 Å². The molecule has 0 aliphatic carbocycles. The van der Waals surface area contributed by atoms with Gasteiger partial charge in [0.05, 0.1) is 11.7 Å². The van der Waals surface area contributed by atoms with E-state index in [1.165, 1.54) is 9.21 Å². The van der Waals surface area contributed by atoms with E-state index in [1.807, 2.05) is 12.1 Å². The van der Waals surface area contributed by atoms with Crippen molar-refractivity contribution >= 4 is 21.9 Å². The van der Waals surface area contributed by atoms with Gasteiger partial charge in [-0.15, -0.1) is 0 Å². The third-order valence-electron chi connectivity index (χ3n) is 4.62. The Morgan fingerprint density at radius 1 is 1.25 bits per heavy atom. The van der Waals surface area contributed by atoms with Crippen LogP contribution in [0.4, 0.5) is 0 Å². The van der Waals surface area contributed by atoms with Gasteiger partial charge in [0.15, 0.2) is 0 Å². The Balaban J connectivity index is 1.69. The van der Waals surface area contributed by atoms with Gasteiger partial charge in [0.2, 0.25) is 15.9 Å². The topological polar surface area (TPSA) is 95.0 Å². The van der Waals surface area contributed by atoms with Crippen LogP contribution in [0.3, 0.4) is 0 Å². The van der Waals surface area contributed by atoms with Crippen molar-refractivity contribution in [2.75, 3.05) is 25.4 Å². The van der Waals surface area contributed by atoms with E-state index in [-0.39, 0.29) is 31.2 Å². The lowest BCUT2D eigenvalue weighted by Gasteiger charge is -2.33. The summed E-state index contributed by atoms with van der Waals surface area (Å²) in [5.74, 6) is -1.77. The molecule has 0 unspecified atom stereocenters. The molecular weight excluding hydrogens is 332 g/mol. The number of benzene rings is 1. The Morgan fingerprint density at radius 2 is 2.00 bits per heavy atom. The van der Waals surface area contributed by atoms with Gasteiger partial charge in [-0.2, -0.15) is 0 Å². The molecule has 2 aliphatic rings. The fraction of sp³-hybridized carbons (Fsp3) is 0.500. The SMILES string of the molecule is O=C(O)[C@@H]1CN(C(=O)CCN2CCCS2(=O)=O)Cc2ccccc21. The zero-order chi connectivity index (χ0) is 17.3. The number of carboxylic acid groups (broad SMARTS) is 1. The van der Waals surface area contributed by atoms with Gasteiger partial charge in [-0.05, 0) is 17.5 Å². The van der Waals surface area contributed by atoms with E-state index in [0.29, 0.717) is 19.5 Å². The van der Waals surface area contributed by atoms with E-state index >= 15 is 0 Å². The highest BCUT2D eigenvalue weighted by atomic mass is 32.2. The fourth-order valence-electron chi connectivity index (χ4n) is 3.33. The third kappa shape index (κ3) is 3.29. The van der Waals surface area contributed by atoms with Crippen LogP contribution in [0.2, 0.25) is 0 Å². The average Bonchev–Trinajstić information content (AvgIpc) is 2.89. The predicted molar refractivity (Wildman–Crippen MR) is 86.8 cm³/mol. The average molecular weight is 352 g/mol. The number of carbonyl (C=O) groups is 2. The number of nitrogens with zero attached hydrogens (tertiary/aromatic N) is 2. The second kappa shape index (κ2) is 6.52. The maximum atomic E-state index is 12.5. The molecule has 0 spiro atoms. The highest BCUT2D eigenvalue weighted by Gasteiger charge is 2.33. The molecule has 0 saturated carbocycles. The van der Waals surface area contributed by atoms with Crippen LogP contribution >= 0.6 is 0 Å². The molecule has 0 bridgehead atoms. The monoisotopic (exact) mass is 352 g/mol. The summed E-state index contributed by atoms with van der Waals surface area (Å²) in [5.41, 5.74) is 1.58. The number of sulfonamides is 1. The molecule has 1 atom stereocenters. The number of carbonyl (C=O) groups excluding carboxylic acids is 1. The smallest absolute Gasteiger partial charge is 0.312 e. The zero-order valence-corrected chi connectivity index (χ0v) is 14.0. The zero-order valence-electron chi connectivity index (χ0n) is 13.2. The molecule has 1 fully saturated rings. The number of aliphatic carboxylic acids is 1. The first-order valence-corrected chi connectivity index (χ1v) is 9.55. The van der Waals surface area contributed by atoms with Gasteiger partial charge in [-0.3, -0.25) is 9.59 Å². The number of amides is 1. The van der Waals surface area contributed by atoms with E-state index in [9.17, 15) is 23.1 Å². The summed E-state index contributed by atoms with van der Waals surface area (Å²) in [4.78, 5) is 25.5. The molecule has 2 aliphatic heterocycles. The van der Waals surface area contributed by atoms with E-state index in [1.54, 1.807) is 12.1 Å². The normalized spacial score (nSPS) is 23.0. The Hall–Kier alpha value is -1.93. The molecule has 1 aromatic carbocycles. The molecule has 0 radical (unpaired) electrons. The Labute approximate surface area is 140 Å². The van der Waals surface area contributed by atoms with Gasteiger partial charge >= 0.3 is 5.97 Å². The van der Waals surface area contributed by atoms with Crippen LogP contribution in [0.1, 0.15) is 29.9 Å². The van der Waals surface area contributed by atoms with E-state index in [4.69, 9.17) is 0 Å². The van der Waals surface area contributed by atoms with Crippen LogP contribution in [0.15, 0.2) is 24.3 Å². The van der Waals surface area contributed by atoms with E-state index in [2.05, 4.69) is 0 Å². The molecule has 0 aromatic heterocycles. The van der Waals surface area contributed by atoms with Gasteiger partial charge in [0.25, 0.3) is 0 Å². The molecule has 130 valence electrons. The lowest BCUT2D eigenvalue weighted by Crippen LogP contribution is -2.41. The number of fused-ring (bicyclic) bond motifs is 1. The molecule has 2 heterocycles. The summed E-state index contributed by atoms with van der Waals surface area (Å²) in [6.45, 7) is 1.11. The minimum atomic E-state index is -3.22. The molecule has 1 aromatic rings. The first-order valence-electron chi connectivity index (χ1n) is 7.95. The van der Waals surface area contributed by atoms with Crippen molar-refractivity contribution in [2.45, 2.75) is 25.3 Å². The third-order valence-corrected chi connectivity index (χ3v) is 6.58. The van der Waals surface area contributed by atoms with Crippen molar-refractivity contribution < 1.29 is 23.1 Å². The van der Waals surface area contributed by atoms with Crippen LogP contribution in [0.5, 0.6) is 0 Å². The number of rotatable bonds is 4. The molecule has 3 rings (SSSR count). The van der Waals surface area contributed by atoms with Crippen LogP contribution in [-0.2, 0) is 26.2 Å². The molecule has 1 amide bonds. The number of hydrogen-bond donors (Lipinski definition) is 1. The maximum Gasteiger partial charge on any atom is 0.312 e. The van der Waals surface area contributed by atoms with Crippen LogP contribution in [0, 0.1) is 0 Å². The minimum absolute atomic E-state index is 0.0771. The molecule has 8 heteroatoms. The lowest BCUT2D eigenvalue weighted by molar-refractivity contribution is -0.141. The van der Waals surface area contributed by atoms with Gasteiger partial charge in [0, 0.05) is 32.6 Å². The summed E-state index contributed by atoms with van der Waals surface area (Å²) in [5, 5.41) is 9.43. The van der Waals surface area contributed by atoms with Crippen molar-refractivity contribution in [3.63, 3.8) is 0 Å². The summed E-state index contributed by atoms with van der Waals surface area (Å²) in [6, 6.07) is 7.23. The quantitative estimate of drug-likeness (QED) is 0.857. The van der Waals surface area contributed by atoms with Crippen LogP contribution in [0.25, 0.3) is 0 Å². The summed E-state index contributed by atoms with van der Waals surface area (Å²) in [7, 11) is -3.22. The maximum absolute atomic E-state index is 12.5. The second-order valence-electron chi connectivity index (χ2n) is 6.18. The highest BCUT2D eigenvalue weighted by molar-refractivity contribution is 7.89. The predicted octanol–water partition coefficient (Wildman–Crippen LogP) is 0.623. The van der Waals surface area contributed by atoms with E-state index in [0.717, 1.165) is 11.1 Å². The first-order chi connectivity index (χ1) is 11.4. The van der Waals surface area contributed by atoms with Crippen LogP contribution in [-0.4, -0.2) is 60.0 Å². The molecule has 1 saturated heterocycles. The van der Waals surface area contributed by atoms with Crippen molar-refractivity contribution in [1.82, 2.24) is 9.21 Å². The minimum Gasteiger partial charge on any atom is -0.481 e. The Kier molecular flexibility index (Phi) is 4.60. The lowest BCUT2D eigenvalue weighted by atomic mass is 9.89. The van der Waals surface area contributed by atoms with Crippen molar-refractivity contribution in [3.05, 3.63) is 35.4 Å². The Morgan fingerprint density at radius 3 is 2.67 bits per heavy atom. The van der Waals surface area contributed by atoms with Gasteiger partial charge < -0.3 is 10.0 Å². The largest absolute Gasteiger partial charge is 0.481 e. The first kappa shape index (κ1) is 16.9. The van der Waals surface area contributed by atoms with Crippen molar-refractivity contribution in [3.8, 4) is 0 Å². The number of carboxylic acids is 1. The molecular formula is C16H20N2O5S. The highest BCUT2D eigenvalue weighted by Crippen LogP contribution is 2.29. The van der Waals surface area contributed by atoms with E-state index < -0.39 is 21.9 Å². The molecule has 1 N–H and O–H groups in total. The van der Waals surface area contributed by atoms with Crippen LogP contribution < -0.4 is 0 Å². The summed E-state index contributed by atoms with van der Waals surface area (Å²) in [6.07, 6.45) is 0.669. The second-order valence-corrected chi connectivity index (χ2v) is 8.27.